The molecule has 0 unspecified atom stereocenters. The maximum atomic E-state index is 15.0. The zero-order valence-corrected chi connectivity index (χ0v) is 20.0. The standard InChI is InChI=1S/C24H27F3N8O/c1-3-34-20-10-14(4-5-19(20)30-32-34)16-6-9-35-21(16)22(36-2)29-23(31-35)28-18-7-8-33(13-17(18)25)15-11-24(26,27)12-15/h4-6,9-10,15,17-18H,3,7-8,11-13H2,1-2H3,(H,28,31)/t17-,18+/m1/s1. The van der Waals surface area contributed by atoms with Crippen molar-refractivity contribution in [3.8, 4) is 17.0 Å². The molecule has 36 heavy (non-hydrogen) atoms. The van der Waals surface area contributed by atoms with Gasteiger partial charge in [0.25, 0.3) is 5.92 Å². The number of ether oxygens (including phenoxy) is 1. The van der Waals surface area contributed by atoms with Crippen molar-refractivity contribution in [3.63, 3.8) is 0 Å². The number of rotatable bonds is 6. The Hall–Kier alpha value is -3.41. The molecule has 2 aliphatic rings. The molecule has 1 aliphatic heterocycles. The van der Waals surface area contributed by atoms with Gasteiger partial charge in [0.05, 0.1) is 18.7 Å². The van der Waals surface area contributed by atoms with Gasteiger partial charge >= 0.3 is 0 Å². The van der Waals surface area contributed by atoms with Gasteiger partial charge in [-0.1, -0.05) is 11.3 Å². The predicted molar refractivity (Wildman–Crippen MR) is 128 cm³/mol. The molecule has 2 atom stereocenters. The molecule has 0 amide bonds. The first-order valence-electron chi connectivity index (χ1n) is 12.1. The maximum absolute atomic E-state index is 15.0. The molecule has 9 nitrogen and oxygen atoms in total. The first-order valence-corrected chi connectivity index (χ1v) is 12.1. The van der Waals surface area contributed by atoms with Crippen molar-refractivity contribution in [1.82, 2.24) is 34.5 Å². The van der Waals surface area contributed by atoms with Gasteiger partial charge < -0.3 is 10.1 Å². The summed E-state index contributed by atoms with van der Waals surface area (Å²) in [5.41, 5.74) is 4.27. The molecule has 0 radical (unpaired) electrons. The Morgan fingerprint density at radius 2 is 2.06 bits per heavy atom. The number of nitrogens with one attached hydrogen (secondary N) is 1. The Morgan fingerprint density at radius 1 is 1.22 bits per heavy atom. The van der Waals surface area contributed by atoms with E-state index < -0.39 is 18.1 Å². The number of aryl methyl sites for hydroxylation is 1. The first kappa shape index (κ1) is 23.0. The molecule has 1 aliphatic carbocycles. The molecular formula is C24H27F3N8O. The number of fused-ring (bicyclic) bond motifs is 2. The molecule has 6 rings (SSSR count). The third kappa shape index (κ3) is 3.93. The Bertz CT molecular complexity index is 1410. The van der Waals surface area contributed by atoms with Gasteiger partial charge in [0, 0.05) is 50.3 Å². The minimum absolute atomic E-state index is 0.122. The van der Waals surface area contributed by atoms with Gasteiger partial charge in [0.2, 0.25) is 11.8 Å². The van der Waals surface area contributed by atoms with Crippen molar-refractivity contribution >= 4 is 22.5 Å². The van der Waals surface area contributed by atoms with Crippen LogP contribution in [0.2, 0.25) is 0 Å². The minimum Gasteiger partial charge on any atom is -0.479 e. The summed E-state index contributed by atoms with van der Waals surface area (Å²) in [6.07, 6.45) is 0.695. The molecule has 0 spiro atoms. The van der Waals surface area contributed by atoms with Crippen molar-refractivity contribution in [1.29, 1.82) is 0 Å². The summed E-state index contributed by atoms with van der Waals surface area (Å²) in [5.74, 6) is -2.00. The summed E-state index contributed by atoms with van der Waals surface area (Å²) in [4.78, 5) is 6.35. The van der Waals surface area contributed by atoms with E-state index in [0.29, 0.717) is 30.9 Å². The lowest BCUT2D eigenvalue weighted by Gasteiger charge is -2.46. The number of likely N-dealkylation sites (tertiary alicyclic amines) is 1. The highest BCUT2D eigenvalue weighted by Crippen LogP contribution is 2.41. The molecule has 3 aromatic heterocycles. The third-order valence-corrected chi connectivity index (χ3v) is 7.27. The Labute approximate surface area is 205 Å². The quantitative estimate of drug-likeness (QED) is 0.431. The SMILES string of the molecule is CCn1nnc2ccc(-c3ccn4nc(N[C@H]5CCN(C6CC(F)(F)C6)C[C@H]5F)nc(OC)c34)cc21. The molecule has 1 saturated carbocycles. The number of anilines is 1. The van der Waals surface area contributed by atoms with E-state index in [2.05, 4.69) is 25.7 Å². The maximum Gasteiger partial charge on any atom is 0.251 e. The van der Waals surface area contributed by atoms with Crippen molar-refractivity contribution < 1.29 is 17.9 Å². The second-order valence-electron chi connectivity index (χ2n) is 9.54. The molecule has 2 fully saturated rings. The molecule has 1 aromatic carbocycles. The van der Waals surface area contributed by atoms with Crippen LogP contribution >= 0.6 is 0 Å². The van der Waals surface area contributed by atoms with Gasteiger partial charge in [-0.3, -0.25) is 4.90 Å². The van der Waals surface area contributed by atoms with E-state index in [4.69, 9.17) is 4.74 Å². The summed E-state index contributed by atoms with van der Waals surface area (Å²) < 4.78 is 50.5. The average molecular weight is 501 g/mol. The van der Waals surface area contributed by atoms with E-state index in [1.807, 2.05) is 47.0 Å². The lowest BCUT2D eigenvalue weighted by atomic mass is 9.85. The van der Waals surface area contributed by atoms with Gasteiger partial charge in [-0.2, -0.15) is 4.98 Å². The van der Waals surface area contributed by atoms with Crippen LogP contribution in [0.25, 0.3) is 27.7 Å². The van der Waals surface area contributed by atoms with Gasteiger partial charge in [0.1, 0.15) is 17.2 Å². The fourth-order valence-electron chi connectivity index (χ4n) is 5.27. The van der Waals surface area contributed by atoms with Crippen molar-refractivity contribution in [2.75, 3.05) is 25.5 Å². The molecule has 4 heterocycles. The van der Waals surface area contributed by atoms with Crippen LogP contribution in [0, 0.1) is 0 Å². The topological polar surface area (TPSA) is 85.4 Å². The molecule has 190 valence electrons. The number of hydrogen-bond donors (Lipinski definition) is 1. The minimum atomic E-state index is -2.61. The molecule has 1 N–H and O–H groups in total. The van der Waals surface area contributed by atoms with E-state index >= 15 is 0 Å². The van der Waals surface area contributed by atoms with Crippen LogP contribution < -0.4 is 10.1 Å². The van der Waals surface area contributed by atoms with Crippen LogP contribution in [0.15, 0.2) is 30.5 Å². The zero-order chi connectivity index (χ0) is 25.0. The molecular weight excluding hydrogens is 473 g/mol. The third-order valence-electron chi connectivity index (χ3n) is 7.27. The van der Waals surface area contributed by atoms with E-state index in [-0.39, 0.29) is 31.4 Å². The van der Waals surface area contributed by atoms with Gasteiger partial charge in [-0.15, -0.1) is 10.2 Å². The van der Waals surface area contributed by atoms with Crippen LogP contribution in [0.1, 0.15) is 26.2 Å². The van der Waals surface area contributed by atoms with E-state index in [0.717, 1.165) is 22.2 Å². The number of nitrogens with zero attached hydrogens (tertiary/aromatic N) is 7. The molecule has 1 saturated heterocycles. The van der Waals surface area contributed by atoms with Crippen molar-refractivity contribution in [2.24, 2.45) is 0 Å². The largest absolute Gasteiger partial charge is 0.479 e. The van der Waals surface area contributed by atoms with Crippen LogP contribution in [0.5, 0.6) is 5.88 Å². The van der Waals surface area contributed by atoms with Crippen LogP contribution in [-0.2, 0) is 6.54 Å². The van der Waals surface area contributed by atoms with Gasteiger partial charge in [-0.25, -0.2) is 22.4 Å². The first-order chi connectivity index (χ1) is 17.3. The number of piperidine rings is 1. The summed E-state index contributed by atoms with van der Waals surface area (Å²) >= 11 is 0. The lowest BCUT2D eigenvalue weighted by molar-refractivity contribution is -0.131. The van der Waals surface area contributed by atoms with E-state index in [1.165, 1.54) is 7.11 Å². The summed E-state index contributed by atoms with van der Waals surface area (Å²) in [5, 5.41) is 16.0. The molecule has 12 heteroatoms. The van der Waals surface area contributed by atoms with Crippen LogP contribution in [0.3, 0.4) is 0 Å². The Morgan fingerprint density at radius 3 is 2.78 bits per heavy atom. The smallest absolute Gasteiger partial charge is 0.251 e. The fraction of sp³-hybridized carbons (Fsp3) is 0.500. The number of methoxy groups -OCH3 is 1. The van der Waals surface area contributed by atoms with Gasteiger partial charge in [0.15, 0.2) is 0 Å². The highest BCUT2D eigenvalue weighted by atomic mass is 19.3. The number of alkyl halides is 3. The van der Waals surface area contributed by atoms with E-state index in [1.54, 1.807) is 4.52 Å². The van der Waals surface area contributed by atoms with Crippen molar-refractivity contribution in [2.45, 2.75) is 56.9 Å². The Kier molecular flexibility index (Phi) is 5.51. The number of aromatic nitrogens is 6. The summed E-state index contributed by atoms with van der Waals surface area (Å²) in [7, 11) is 1.53. The molecule has 4 aromatic rings. The fourth-order valence-corrected chi connectivity index (χ4v) is 5.27. The normalized spacial score (nSPS) is 22.7. The number of hydrogen-bond acceptors (Lipinski definition) is 7. The second kappa shape index (κ2) is 8.61. The highest BCUT2D eigenvalue weighted by molar-refractivity contribution is 5.89. The van der Waals surface area contributed by atoms with Gasteiger partial charge in [-0.05, 0) is 37.1 Å². The monoisotopic (exact) mass is 500 g/mol. The highest BCUT2D eigenvalue weighted by Gasteiger charge is 2.49. The average Bonchev–Trinajstić information content (AvgIpc) is 3.46. The van der Waals surface area contributed by atoms with E-state index in [9.17, 15) is 13.2 Å². The zero-order valence-electron chi connectivity index (χ0n) is 20.0. The predicted octanol–water partition coefficient (Wildman–Crippen LogP) is 3.79. The second-order valence-corrected chi connectivity index (χ2v) is 9.54. The summed E-state index contributed by atoms with van der Waals surface area (Å²) in [6.45, 7) is 3.39. The van der Waals surface area contributed by atoms with Crippen LogP contribution in [-0.4, -0.2) is 78.9 Å². The van der Waals surface area contributed by atoms with Crippen molar-refractivity contribution in [3.05, 3.63) is 30.5 Å². The number of halogens is 3. The molecule has 0 bridgehead atoms. The number of benzene rings is 1. The van der Waals surface area contributed by atoms with Crippen LogP contribution in [0.4, 0.5) is 19.1 Å². The lowest BCUT2D eigenvalue weighted by Crippen LogP contribution is -2.57. The Balaban J connectivity index is 1.24. The summed E-state index contributed by atoms with van der Waals surface area (Å²) in [6, 6.07) is 7.10.